The van der Waals surface area contributed by atoms with E-state index in [1.165, 1.54) is 12.1 Å². The van der Waals surface area contributed by atoms with Crippen LogP contribution in [-0.4, -0.2) is 36.8 Å². The molecule has 0 aliphatic heterocycles. The zero-order chi connectivity index (χ0) is 18.6. The van der Waals surface area contributed by atoms with E-state index in [9.17, 15) is 17.6 Å². The minimum atomic E-state index is -3.76. The van der Waals surface area contributed by atoms with Gasteiger partial charge in [0.05, 0.1) is 4.90 Å². The standard InChI is InChI=1S/C18H20FN3O3S/c19-15-3-7-17(8-4-15)26(24,25)21-11-9-18(23)22(16-5-6-16)13-14-2-1-10-20-12-14/h1-4,7-8,10,12,16,21H,5-6,9,11,13H2. The topological polar surface area (TPSA) is 79.4 Å². The highest BCUT2D eigenvalue weighted by atomic mass is 32.2. The average molecular weight is 377 g/mol. The number of pyridine rings is 1. The average Bonchev–Trinajstić information content (AvgIpc) is 3.45. The van der Waals surface area contributed by atoms with Gasteiger partial charge in [-0.3, -0.25) is 9.78 Å². The van der Waals surface area contributed by atoms with Gasteiger partial charge in [0.15, 0.2) is 0 Å². The number of halogens is 1. The molecule has 1 heterocycles. The van der Waals surface area contributed by atoms with Crippen molar-refractivity contribution in [2.24, 2.45) is 0 Å². The fraction of sp³-hybridized carbons (Fsp3) is 0.333. The van der Waals surface area contributed by atoms with E-state index in [-0.39, 0.29) is 29.8 Å². The van der Waals surface area contributed by atoms with Crippen LogP contribution in [0.25, 0.3) is 0 Å². The Hall–Kier alpha value is -2.32. The lowest BCUT2D eigenvalue weighted by Crippen LogP contribution is -2.35. The minimum absolute atomic E-state index is 0.00516. The second-order valence-electron chi connectivity index (χ2n) is 6.22. The number of nitrogens with one attached hydrogen (secondary N) is 1. The van der Waals surface area contributed by atoms with Crippen molar-refractivity contribution in [3.05, 3.63) is 60.2 Å². The fourth-order valence-corrected chi connectivity index (χ4v) is 3.66. The molecule has 0 atom stereocenters. The van der Waals surface area contributed by atoms with Crippen LogP contribution in [0.15, 0.2) is 53.7 Å². The molecule has 138 valence electrons. The smallest absolute Gasteiger partial charge is 0.240 e. The van der Waals surface area contributed by atoms with Gasteiger partial charge in [0.25, 0.3) is 0 Å². The molecule has 1 aliphatic rings. The number of nitrogens with zero attached hydrogens (tertiary/aromatic N) is 2. The summed E-state index contributed by atoms with van der Waals surface area (Å²) in [5.74, 6) is -0.604. The van der Waals surface area contributed by atoms with Crippen molar-refractivity contribution in [3.8, 4) is 0 Å². The lowest BCUT2D eigenvalue weighted by molar-refractivity contribution is -0.132. The molecule has 1 saturated carbocycles. The third kappa shape index (κ3) is 4.86. The van der Waals surface area contributed by atoms with Crippen molar-refractivity contribution in [3.63, 3.8) is 0 Å². The molecule has 26 heavy (non-hydrogen) atoms. The van der Waals surface area contributed by atoms with E-state index in [4.69, 9.17) is 0 Å². The summed E-state index contributed by atoms with van der Waals surface area (Å²) in [6.45, 7) is 0.469. The molecule has 1 N–H and O–H groups in total. The number of hydrogen-bond donors (Lipinski definition) is 1. The van der Waals surface area contributed by atoms with Crippen LogP contribution in [-0.2, 0) is 21.4 Å². The van der Waals surface area contributed by atoms with E-state index < -0.39 is 15.8 Å². The van der Waals surface area contributed by atoms with E-state index in [0.717, 1.165) is 30.5 Å². The van der Waals surface area contributed by atoms with Crippen molar-refractivity contribution >= 4 is 15.9 Å². The van der Waals surface area contributed by atoms with Gasteiger partial charge in [-0.05, 0) is 48.7 Å². The number of sulfonamides is 1. The molecule has 0 spiro atoms. The molecular formula is C18H20FN3O3S. The Balaban J connectivity index is 1.56. The zero-order valence-corrected chi connectivity index (χ0v) is 15.0. The summed E-state index contributed by atoms with van der Waals surface area (Å²) in [5.41, 5.74) is 0.944. The lowest BCUT2D eigenvalue weighted by Gasteiger charge is -2.22. The van der Waals surface area contributed by atoms with Gasteiger partial charge < -0.3 is 4.90 Å². The van der Waals surface area contributed by atoms with E-state index in [1.807, 2.05) is 12.1 Å². The summed E-state index contributed by atoms with van der Waals surface area (Å²) in [4.78, 5) is 18.3. The summed E-state index contributed by atoms with van der Waals surface area (Å²) in [6.07, 6.45) is 5.40. The number of rotatable bonds is 8. The number of carbonyl (C=O) groups excluding carboxylic acids is 1. The summed E-state index contributed by atoms with van der Waals surface area (Å²) >= 11 is 0. The van der Waals surface area contributed by atoms with E-state index >= 15 is 0 Å². The summed E-state index contributed by atoms with van der Waals surface area (Å²) in [6, 6.07) is 8.51. The van der Waals surface area contributed by atoms with Gasteiger partial charge in [-0.1, -0.05) is 6.07 Å². The monoisotopic (exact) mass is 377 g/mol. The van der Waals surface area contributed by atoms with E-state index in [2.05, 4.69) is 9.71 Å². The quantitative estimate of drug-likeness (QED) is 0.764. The number of carbonyl (C=O) groups is 1. The number of amides is 1. The van der Waals surface area contributed by atoms with Gasteiger partial charge in [-0.2, -0.15) is 0 Å². The molecule has 6 nitrogen and oxygen atoms in total. The molecule has 1 amide bonds. The van der Waals surface area contributed by atoms with Crippen molar-refractivity contribution in [1.29, 1.82) is 0 Å². The lowest BCUT2D eigenvalue weighted by atomic mass is 10.2. The van der Waals surface area contributed by atoms with Crippen LogP contribution >= 0.6 is 0 Å². The Bertz CT molecular complexity index is 853. The molecule has 2 aromatic rings. The van der Waals surface area contributed by atoms with Crippen LogP contribution in [0.5, 0.6) is 0 Å². The van der Waals surface area contributed by atoms with Crippen LogP contribution in [0.3, 0.4) is 0 Å². The number of aromatic nitrogens is 1. The molecule has 0 bridgehead atoms. The van der Waals surface area contributed by atoms with Crippen LogP contribution in [0, 0.1) is 5.82 Å². The highest BCUT2D eigenvalue weighted by Gasteiger charge is 2.32. The summed E-state index contributed by atoms with van der Waals surface area (Å²) in [5, 5.41) is 0. The van der Waals surface area contributed by atoms with Crippen molar-refractivity contribution in [2.75, 3.05) is 6.54 Å². The van der Waals surface area contributed by atoms with Gasteiger partial charge in [-0.15, -0.1) is 0 Å². The minimum Gasteiger partial charge on any atom is -0.335 e. The molecule has 1 aromatic carbocycles. The predicted octanol–water partition coefficient (Wildman–Crippen LogP) is 2.08. The molecule has 8 heteroatoms. The molecular weight excluding hydrogens is 357 g/mol. The van der Waals surface area contributed by atoms with Gasteiger partial charge in [-0.25, -0.2) is 17.5 Å². The molecule has 0 radical (unpaired) electrons. The molecule has 3 rings (SSSR count). The van der Waals surface area contributed by atoms with Gasteiger partial charge in [0, 0.05) is 37.9 Å². The maximum absolute atomic E-state index is 12.9. The predicted molar refractivity (Wildman–Crippen MR) is 94.0 cm³/mol. The molecule has 0 unspecified atom stereocenters. The van der Waals surface area contributed by atoms with Crippen molar-refractivity contribution in [1.82, 2.24) is 14.6 Å². The maximum Gasteiger partial charge on any atom is 0.240 e. The second-order valence-corrected chi connectivity index (χ2v) is 7.98. The molecule has 1 aliphatic carbocycles. The largest absolute Gasteiger partial charge is 0.335 e. The van der Waals surface area contributed by atoms with Gasteiger partial charge in [0.2, 0.25) is 15.9 Å². The van der Waals surface area contributed by atoms with Gasteiger partial charge in [0.1, 0.15) is 5.82 Å². The maximum atomic E-state index is 12.9. The molecule has 0 saturated heterocycles. The molecule has 1 fully saturated rings. The van der Waals surface area contributed by atoms with E-state index in [0.29, 0.717) is 6.54 Å². The summed E-state index contributed by atoms with van der Waals surface area (Å²) in [7, 11) is -3.76. The Morgan fingerprint density at radius 1 is 1.23 bits per heavy atom. The Morgan fingerprint density at radius 2 is 1.96 bits per heavy atom. The van der Waals surface area contributed by atoms with Crippen LogP contribution in [0.2, 0.25) is 0 Å². The highest BCUT2D eigenvalue weighted by molar-refractivity contribution is 7.89. The third-order valence-electron chi connectivity index (χ3n) is 4.14. The first-order valence-electron chi connectivity index (χ1n) is 8.39. The highest BCUT2D eigenvalue weighted by Crippen LogP contribution is 2.28. The van der Waals surface area contributed by atoms with E-state index in [1.54, 1.807) is 17.3 Å². The normalized spacial score (nSPS) is 14.2. The van der Waals surface area contributed by atoms with Crippen LogP contribution in [0.4, 0.5) is 4.39 Å². The fourth-order valence-electron chi connectivity index (χ4n) is 2.63. The van der Waals surface area contributed by atoms with Crippen LogP contribution in [0.1, 0.15) is 24.8 Å². The zero-order valence-electron chi connectivity index (χ0n) is 14.1. The second kappa shape index (κ2) is 7.92. The van der Waals surface area contributed by atoms with Crippen molar-refractivity contribution in [2.45, 2.75) is 36.7 Å². The summed E-state index contributed by atoms with van der Waals surface area (Å²) < 4.78 is 39.6. The first-order chi connectivity index (χ1) is 12.5. The number of benzene rings is 1. The Morgan fingerprint density at radius 3 is 2.58 bits per heavy atom. The molecule has 1 aromatic heterocycles. The first-order valence-corrected chi connectivity index (χ1v) is 9.87. The SMILES string of the molecule is O=C(CCNS(=O)(=O)c1ccc(F)cc1)N(Cc1cccnc1)C1CC1. The van der Waals surface area contributed by atoms with Gasteiger partial charge >= 0.3 is 0 Å². The Labute approximate surface area is 152 Å². The Kier molecular flexibility index (Phi) is 5.63. The van der Waals surface area contributed by atoms with Crippen LogP contribution < -0.4 is 4.72 Å². The van der Waals surface area contributed by atoms with Crippen molar-refractivity contribution < 1.29 is 17.6 Å². The third-order valence-corrected chi connectivity index (χ3v) is 5.62. The number of hydrogen-bond acceptors (Lipinski definition) is 4. The first kappa shape index (κ1) is 18.5.